The minimum atomic E-state index is -0.456. The maximum Gasteiger partial charge on any atom is 0.329 e. The fourth-order valence-electron chi connectivity index (χ4n) is 4.44. The molecule has 0 bridgehead atoms. The smallest absolute Gasteiger partial charge is 0.329 e. The van der Waals surface area contributed by atoms with E-state index in [1.54, 1.807) is 55.6 Å². The number of anilines is 1. The molecule has 1 saturated heterocycles. The highest BCUT2D eigenvalue weighted by Gasteiger charge is 2.22. The average molecular weight is 471 g/mol. The fourth-order valence-corrected chi connectivity index (χ4v) is 4.44. The highest BCUT2D eigenvalue weighted by molar-refractivity contribution is 5.94. The molecular weight excluding hydrogens is 444 g/mol. The number of hydrogen-bond acceptors (Lipinski definition) is 5. The van der Waals surface area contributed by atoms with Crippen LogP contribution in [0.15, 0.2) is 82.4 Å². The molecule has 1 aliphatic rings. The number of hydrogen-bond donors (Lipinski definition) is 1. The Morgan fingerprint density at radius 3 is 2.40 bits per heavy atom. The molecule has 1 N–H and O–H groups in total. The number of H-pyrrole nitrogens is 1. The molecule has 178 valence electrons. The lowest BCUT2D eigenvalue weighted by atomic mass is 10.1. The van der Waals surface area contributed by atoms with Gasteiger partial charge in [0.15, 0.2) is 0 Å². The minimum absolute atomic E-state index is 0.0254. The number of piperazine rings is 1. The molecule has 2 heterocycles. The van der Waals surface area contributed by atoms with Gasteiger partial charge in [-0.15, -0.1) is 0 Å². The van der Waals surface area contributed by atoms with Gasteiger partial charge in [-0.2, -0.15) is 0 Å². The quantitative estimate of drug-likeness (QED) is 0.485. The van der Waals surface area contributed by atoms with Crippen molar-refractivity contribution in [2.24, 2.45) is 0 Å². The number of nitrogens with one attached hydrogen (secondary N) is 1. The number of fused-ring (bicyclic) bond motifs is 1. The number of benzene rings is 3. The largest absolute Gasteiger partial charge is 0.497 e. The van der Waals surface area contributed by atoms with Crippen LogP contribution in [0.3, 0.4) is 0 Å². The van der Waals surface area contributed by atoms with E-state index >= 15 is 0 Å². The van der Waals surface area contributed by atoms with Crippen LogP contribution in [0.25, 0.3) is 10.9 Å². The van der Waals surface area contributed by atoms with Crippen LogP contribution >= 0.6 is 0 Å². The van der Waals surface area contributed by atoms with E-state index in [4.69, 9.17) is 4.74 Å². The molecule has 0 radical (unpaired) electrons. The van der Waals surface area contributed by atoms with Crippen molar-refractivity contribution in [2.45, 2.75) is 6.54 Å². The van der Waals surface area contributed by atoms with Crippen LogP contribution in [0.2, 0.25) is 0 Å². The van der Waals surface area contributed by atoms with Gasteiger partial charge in [0.25, 0.3) is 11.5 Å². The number of ether oxygens (including phenoxy) is 1. The Balaban J connectivity index is 1.26. The highest BCUT2D eigenvalue weighted by atomic mass is 16.5. The summed E-state index contributed by atoms with van der Waals surface area (Å²) in [6.07, 6.45) is 0. The van der Waals surface area contributed by atoms with Crippen LogP contribution in [0.1, 0.15) is 15.9 Å². The molecule has 5 rings (SSSR count). The van der Waals surface area contributed by atoms with Crippen LogP contribution in [0, 0.1) is 0 Å². The second kappa shape index (κ2) is 9.50. The number of rotatable bonds is 5. The number of methoxy groups -OCH3 is 1. The predicted octanol–water partition coefficient (Wildman–Crippen LogP) is 2.71. The zero-order chi connectivity index (χ0) is 24.4. The lowest BCUT2D eigenvalue weighted by molar-refractivity contribution is 0.0746. The third-order valence-corrected chi connectivity index (χ3v) is 6.42. The summed E-state index contributed by atoms with van der Waals surface area (Å²) in [5.74, 6) is 0.789. The Kier molecular flexibility index (Phi) is 6.10. The molecule has 4 aromatic rings. The molecule has 0 unspecified atom stereocenters. The second-order valence-corrected chi connectivity index (χ2v) is 8.54. The van der Waals surface area contributed by atoms with E-state index in [-0.39, 0.29) is 18.0 Å². The van der Waals surface area contributed by atoms with Crippen molar-refractivity contribution >= 4 is 22.5 Å². The van der Waals surface area contributed by atoms with Gasteiger partial charge in [0.2, 0.25) is 0 Å². The first-order valence-electron chi connectivity index (χ1n) is 11.5. The van der Waals surface area contributed by atoms with Crippen LogP contribution in [0.5, 0.6) is 5.75 Å². The van der Waals surface area contributed by atoms with Gasteiger partial charge < -0.3 is 19.5 Å². The summed E-state index contributed by atoms with van der Waals surface area (Å²) >= 11 is 0. The SMILES string of the molecule is COc1cccc(N2CCN(C(=O)c3ccc(Cn4c(=O)[nH]c5ccccc5c4=O)cc3)CC2)c1. The van der Waals surface area contributed by atoms with Crippen LogP contribution in [0.4, 0.5) is 5.69 Å². The lowest BCUT2D eigenvalue weighted by Gasteiger charge is -2.36. The van der Waals surface area contributed by atoms with Crippen molar-refractivity contribution in [1.29, 1.82) is 0 Å². The zero-order valence-electron chi connectivity index (χ0n) is 19.4. The number of nitrogens with zero attached hydrogens (tertiary/aromatic N) is 3. The summed E-state index contributed by atoms with van der Waals surface area (Å²) in [5, 5.41) is 0.465. The van der Waals surface area contributed by atoms with Gasteiger partial charge in [-0.25, -0.2) is 4.79 Å². The number of carbonyl (C=O) groups excluding carboxylic acids is 1. The van der Waals surface area contributed by atoms with Crippen LogP contribution in [-0.2, 0) is 6.54 Å². The van der Waals surface area contributed by atoms with Gasteiger partial charge in [0.1, 0.15) is 5.75 Å². The monoisotopic (exact) mass is 470 g/mol. The molecule has 8 heteroatoms. The van der Waals surface area contributed by atoms with E-state index < -0.39 is 5.69 Å². The summed E-state index contributed by atoms with van der Waals surface area (Å²) in [6, 6.07) is 22.0. The van der Waals surface area contributed by atoms with Crippen molar-refractivity contribution in [2.75, 3.05) is 38.2 Å². The van der Waals surface area contributed by atoms with Crippen molar-refractivity contribution in [3.63, 3.8) is 0 Å². The molecule has 1 amide bonds. The van der Waals surface area contributed by atoms with Crippen molar-refractivity contribution in [1.82, 2.24) is 14.5 Å². The summed E-state index contributed by atoms with van der Waals surface area (Å²) in [4.78, 5) is 45.1. The maximum absolute atomic E-state index is 13.0. The molecule has 0 atom stereocenters. The maximum atomic E-state index is 13.0. The summed E-state index contributed by atoms with van der Waals surface area (Å²) in [6.45, 7) is 2.86. The first-order chi connectivity index (χ1) is 17.0. The first kappa shape index (κ1) is 22.5. The molecule has 0 saturated carbocycles. The third-order valence-electron chi connectivity index (χ3n) is 6.42. The Morgan fingerprint density at radius 2 is 1.66 bits per heavy atom. The topological polar surface area (TPSA) is 87.6 Å². The van der Waals surface area contributed by atoms with Gasteiger partial charge in [-0.3, -0.25) is 14.2 Å². The fraction of sp³-hybridized carbons (Fsp3) is 0.222. The van der Waals surface area contributed by atoms with Crippen molar-refractivity contribution < 1.29 is 9.53 Å². The van der Waals surface area contributed by atoms with E-state index in [9.17, 15) is 14.4 Å². The Labute approximate surface area is 202 Å². The van der Waals surface area contributed by atoms with Crippen LogP contribution in [-0.4, -0.2) is 53.6 Å². The van der Waals surface area contributed by atoms with Gasteiger partial charge >= 0.3 is 5.69 Å². The van der Waals surface area contributed by atoms with E-state index in [0.717, 1.165) is 30.1 Å². The first-order valence-corrected chi connectivity index (χ1v) is 11.5. The molecule has 8 nitrogen and oxygen atoms in total. The Hall–Kier alpha value is -4.33. The predicted molar refractivity (Wildman–Crippen MR) is 135 cm³/mol. The Bertz CT molecular complexity index is 1480. The number of para-hydroxylation sites is 1. The number of aromatic nitrogens is 2. The number of aromatic amines is 1. The van der Waals surface area contributed by atoms with Gasteiger partial charge in [0, 0.05) is 43.5 Å². The van der Waals surface area contributed by atoms with Crippen molar-refractivity contribution in [3.05, 3.63) is 105 Å². The van der Waals surface area contributed by atoms with Gasteiger partial charge in [-0.1, -0.05) is 30.3 Å². The molecule has 0 spiro atoms. The molecule has 1 aromatic heterocycles. The van der Waals surface area contributed by atoms with Crippen LogP contribution < -0.4 is 20.9 Å². The lowest BCUT2D eigenvalue weighted by Crippen LogP contribution is -2.48. The average Bonchev–Trinajstić information content (AvgIpc) is 2.91. The zero-order valence-corrected chi connectivity index (χ0v) is 19.4. The van der Waals surface area contributed by atoms with E-state index in [1.165, 1.54) is 4.57 Å². The van der Waals surface area contributed by atoms with E-state index in [1.807, 2.05) is 29.2 Å². The molecule has 1 aliphatic heterocycles. The van der Waals surface area contributed by atoms with E-state index in [2.05, 4.69) is 9.88 Å². The molecule has 3 aromatic carbocycles. The summed E-state index contributed by atoms with van der Waals surface area (Å²) in [7, 11) is 1.65. The molecule has 1 fully saturated rings. The second-order valence-electron chi connectivity index (χ2n) is 8.54. The molecule has 35 heavy (non-hydrogen) atoms. The Morgan fingerprint density at radius 1 is 0.914 bits per heavy atom. The van der Waals surface area contributed by atoms with E-state index in [0.29, 0.717) is 29.6 Å². The van der Waals surface area contributed by atoms with Gasteiger partial charge in [0.05, 0.1) is 24.6 Å². The standard InChI is InChI=1S/C27H26N4O4/c1-35-22-6-4-5-21(17-22)29-13-15-30(16-14-29)25(32)20-11-9-19(10-12-20)18-31-26(33)23-7-2-3-8-24(23)28-27(31)34/h2-12,17H,13-16,18H2,1H3,(H,28,34). The molecular formula is C27H26N4O4. The van der Waals surface area contributed by atoms with Gasteiger partial charge in [-0.05, 0) is 42.0 Å². The number of carbonyl (C=O) groups is 1. The molecule has 0 aliphatic carbocycles. The summed E-state index contributed by atoms with van der Waals surface area (Å²) < 4.78 is 6.49. The number of amides is 1. The normalized spacial score (nSPS) is 13.7. The minimum Gasteiger partial charge on any atom is -0.497 e. The summed E-state index contributed by atoms with van der Waals surface area (Å²) in [5.41, 5.74) is 2.17. The highest BCUT2D eigenvalue weighted by Crippen LogP contribution is 2.22. The van der Waals surface area contributed by atoms with Crippen molar-refractivity contribution in [3.8, 4) is 5.75 Å². The third kappa shape index (κ3) is 4.55.